The van der Waals surface area contributed by atoms with Crippen LogP contribution in [0.5, 0.6) is 11.5 Å². The summed E-state index contributed by atoms with van der Waals surface area (Å²) >= 11 is 1.44. The number of anilines is 2. The van der Waals surface area contributed by atoms with E-state index in [0.717, 1.165) is 57.6 Å². The highest BCUT2D eigenvalue weighted by Gasteiger charge is 2.24. The van der Waals surface area contributed by atoms with E-state index < -0.39 is 5.97 Å². The van der Waals surface area contributed by atoms with Gasteiger partial charge in [-0.1, -0.05) is 31.5 Å². The molecule has 6 heteroatoms. The molecule has 0 atom stereocenters. The molecular weight excluding hydrogens is 396 g/mol. The molecule has 0 saturated carbocycles. The number of hydrogen-bond acceptors (Lipinski definition) is 5. The predicted octanol–water partition coefficient (Wildman–Crippen LogP) is 6.45. The van der Waals surface area contributed by atoms with Gasteiger partial charge in [0.25, 0.3) is 0 Å². The van der Waals surface area contributed by atoms with E-state index in [4.69, 9.17) is 15.1 Å². The number of nitrogens with zero attached hydrogens (tertiary/aromatic N) is 2. The summed E-state index contributed by atoms with van der Waals surface area (Å²) in [6, 6.07) is 19.7. The van der Waals surface area contributed by atoms with Crippen molar-refractivity contribution in [2.24, 2.45) is 0 Å². The van der Waals surface area contributed by atoms with Crippen molar-refractivity contribution in [1.82, 2.24) is 0 Å². The second kappa shape index (κ2) is 8.44. The third-order valence-corrected chi connectivity index (χ3v) is 5.99. The van der Waals surface area contributed by atoms with Crippen LogP contribution in [0, 0.1) is 11.3 Å². The van der Waals surface area contributed by atoms with Crippen LogP contribution in [-0.2, 0) is 4.79 Å². The summed E-state index contributed by atoms with van der Waals surface area (Å²) < 4.78 is 6.20. The van der Waals surface area contributed by atoms with E-state index in [2.05, 4.69) is 30.0 Å². The predicted molar refractivity (Wildman–Crippen MR) is 119 cm³/mol. The van der Waals surface area contributed by atoms with Crippen LogP contribution in [0.15, 0.2) is 60.2 Å². The number of carbonyl (C=O) groups is 1. The van der Waals surface area contributed by atoms with E-state index in [0.29, 0.717) is 0 Å². The SMILES string of the molecule is CCCCN1c2ccccc2Oc2cc(-c3ccc(/C=C(\C#N)C(=O)O)s3)ccc21. The number of fused-ring (bicyclic) bond motifs is 2. The lowest BCUT2D eigenvalue weighted by Gasteiger charge is -2.33. The average Bonchev–Trinajstić information content (AvgIpc) is 3.23. The van der Waals surface area contributed by atoms with Gasteiger partial charge in [-0.25, -0.2) is 4.79 Å². The number of hydrogen-bond donors (Lipinski definition) is 1. The summed E-state index contributed by atoms with van der Waals surface area (Å²) in [5.41, 5.74) is 2.83. The van der Waals surface area contributed by atoms with Crippen LogP contribution in [-0.4, -0.2) is 17.6 Å². The molecule has 1 aromatic heterocycles. The fourth-order valence-electron chi connectivity index (χ4n) is 3.41. The molecule has 2 aromatic carbocycles. The molecule has 0 unspecified atom stereocenters. The van der Waals surface area contributed by atoms with Crippen molar-refractivity contribution < 1.29 is 14.6 Å². The van der Waals surface area contributed by atoms with Gasteiger partial charge >= 0.3 is 5.97 Å². The van der Waals surface area contributed by atoms with E-state index in [-0.39, 0.29) is 5.57 Å². The number of thiophene rings is 1. The minimum Gasteiger partial charge on any atom is -0.477 e. The van der Waals surface area contributed by atoms with Crippen molar-refractivity contribution in [3.8, 4) is 28.0 Å². The monoisotopic (exact) mass is 416 g/mol. The maximum Gasteiger partial charge on any atom is 0.346 e. The van der Waals surface area contributed by atoms with Gasteiger partial charge in [-0.15, -0.1) is 11.3 Å². The summed E-state index contributed by atoms with van der Waals surface area (Å²) in [5.74, 6) is 0.421. The van der Waals surface area contributed by atoms with Crippen LogP contribution in [0.4, 0.5) is 11.4 Å². The van der Waals surface area contributed by atoms with E-state index in [1.165, 1.54) is 17.4 Å². The summed E-state index contributed by atoms with van der Waals surface area (Å²) in [4.78, 5) is 15.1. The minimum absolute atomic E-state index is 0.277. The highest BCUT2D eigenvalue weighted by Crippen LogP contribution is 2.48. The summed E-state index contributed by atoms with van der Waals surface area (Å²) in [6.45, 7) is 3.10. The normalized spacial score (nSPS) is 12.5. The van der Waals surface area contributed by atoms with Gasteiger partial charge in [-0.3, -0.25) is 0 Å². The first kappa shape index (κ1) is 19.7. The Morgan fingerprint density at radius 3 is 2.73 bits per heavy atom. The fraction of sp³-hybridized carbons (Fsp3) is 0.167. The molecule has 0 spiro atoms. The lowest BCUT2D eigenvalue weighted by molar-refractivity contribution is -0.132. The van der Waals surface area contributed by atoms with Gasteiger partial charge in [0, 0.05) is 16.3 Å². The number of carboxylic acids is 1. The minimum atomic E-state index is -1.22. The van der Waals surface area contributed by atoms with Gasteiger partial charge < -0.3 is 14.7 Å². The van der Waals surface area contributed by atoms with Gasteiger partial charge in [-0.2, -0.15) is 5.26 Å². The maximum absolute atomic E-state index is 11.1. The molecule has 1 aliphatic rings. The van der Waals surface area contributed by atoms with E-state index >= 15 is 0 Å². The Morgan fingerprint density at radius 1 is 1.17 bits per heavy atom. The highest BCUT2D eigenvalue weighted by molar-refractivity contribution is 7.16. The second-order valence-corrected chi connectivity index (χ2v) is 8.05. The Hall–Kier alpha value is -3.56. The second-order valence-electron chi connectivity index (χ2n) is 6.93. The van der Waals surface area contributed by atoms with Gasteiger partial charge in [0.05, 0.1) is 11.4 Å². The van der Waals surface area contributed by atoms with Crippen LogP contribution in [0.25, 0.3) is 16.5 Å². The first-order valence-corrected chi connectivity index (χ1v) is 10.6. The molecule has 0 radical (unpaired) electrons. The average molecular weight is 417 g/mol. The summed E-state index contributed by atoms with van der Waals surface area (Å²) in [7, 11) is 0. The molecule has 1 N–H and O–H groups in total. The number of para-hydroxylation sites is 2. The van der Waals surface area contributed by atoms with Crippen molar-refractivity contribution in [2.45, 2.75) is 19.8 Å². The number of aliphatic carboxylic acids is 1. The van der Waals surface area contributed by atoms with Crippen molar-refractivity contribution >= 4 is 34.8 Å². The lowest BCUT2D eigenvalue weighted by Crippen LogP contribution is -2.22. The Balaban J connectivity index is 1.69. The van der Waals surface area contributed by atoms with Gasteiger partial charge in [0.1, 0.15) is 11.6 Å². The quantitative estimate of drug-likeness (QED) is 0.369. The summed E-state index contributed by atoms with van der Waals surface area (Å²) in [6.07, 6.45) is 3.59. The first-order valence-electron chi connectivity index (χ1n) is 9.74. The molecule has 150 valence electrons. The zero-order valence-electron chi connectivity index (χ0n) is 16.5. The molecule has 4 rings (SSSR count). The number of carboxylic acid groups (broad SMARTS) is 1. The van der Waals surface area contributed by atoms with Crippen LogP contribution in [0.3, 0.4) is 0 Å². The first-order chi connectivity index (χ1) is 14.6. The smallest absolute Gasteiger partial charge is 0.346 e. The number of benzene rings is 2. The number of rotatable bonds is 6. The molecule has 0 saturated heterocycles. The van der Waals surface area contributed by atoms with Crippen LogP contribution in [0.1, 0.15) is 24.6 Å². The molecule has 1 aliphatic heterocycles. The van der Waals surface area contributed by atoms with Crippen LogP contribution >= 0.6 is 11.3 Å². The van der Waals surface area contributed by atoms with Crippen molar-refractivity contribution in [1.29, 1.82) is 5.26 Å². The molecule has 30 heavy (non-hydrogen) atoms. The molecule has 5 nitrogen and oxygen atoms in total. The molecule has 2 heterocycles. The fourth-order valence-corrected chi connectivity index (χ4v) is 4.36. The third kappa shape index (κ3) is 3.80. The van der Waals surface area contributed by atoms with Crippen molar-refractivity contribution in [2.75, 3.05) is 11.4 Å². The van der Waals surface area contributed by atoms with Gasteiger partial charge in [0.15, 0.2) is 11.5 Å². The zero-order valence-corrected chi connectivity index (χ0v) is 17.3. The Labute approximate surface area is 179 Å². The van der Waals surface area contributed by atoms with Crippen molar-refractivity contribution in [3.63, 3.8) is 0 Å². The van der Waals surface area contributed by atoms with Crippen LogP contribution in [0.2, 0.25) is 0 Å². The molecule has 0 amide bonds. The molecule has 3 aromatic rings. The number of unbranched alkanes of at least 4 members (excludes halogenated alkanes) is 1. The largest absolute Gasteiger partial charge is 0.477 e. The standard InChI is InChI=1S/C24H20N2O3S/c1-2-3-12-26-19-6-4-5-7-21(19)29-22-14-16(8-10-20(22)26)23-11-9-18(30-23)13-17(15-25)24(27)28/h4-11,13-14H,2-3,12H2,1H3,(H,27,28)/b17-13+. The molecule has 0 bridgehead atoms. The maximum atomic E-state index is 11.1. The summed E-state index contributed by atoms with van der Waals surface area (Å²) in [5, 5.41) is 18.0. The number of ether oxygens (including phenoxy) is 1. The van der Waals surface area contributed by atoms with Gasteiger partial charge in [-0.05, 0) is 54.5 Å². The van der Waals surface area contributed by atoms with Crippen molar-refractivity contribution in [3.05, 3.63) is 65.0 Å². The van der Waals surface area contributed by atoms with E-state index in [9.17, 15) is 4.79 Å². The molecule has 0 fully saturated rings. The number of nitriles is 1. The third-order valence-electron chi connectivity index (χ3n) is 4.91. The highest BCUT2D eigenvalue weighted by atomic mass is 32.1. The van der Waals surface area contributed by atoms with E-state index in [1.54, 1.807) is 6.07 Å². The Morgan fingerprint density at radius 2 is 1.97 bits per heavy atom. The molecular formula is C24H20N2O3S. The van der Waals surface area contributed by atoms with E-state index in [1.807, 2.05) is 36.4 Å². The van der Waals surface area contributed by atoms with Crippen LogP contribution < -0.4 is 9.64 Å². The van der Waals surface area contributed by atoms with Gasteiger partial charge in [0.2, 0.25) is 0 Å². The Kier molecular flexibility index (Phi) is 5.55. The lowest BCUT2D eigenvalue weighted by atomic mass is 10.1. The Bertz CT molecular complexity index is 1170. The zero-order chi connectivity index (χ0) is 21.1. The topological polar surface area (TPSA) is 73.6 Å². The molecule has 0 aliphatic carbocycles.